The SMILES string of the molecule is CC(C)COC(=O)C(C#N)=Cc1cccc(C(=O)O)c1. The van der Waals surface area contributed by atoms with Crippen molar-refractivity contribution in [3.8, 4) is 6.07 Å². The summed E-state index contributed by atoms with van der Waals surface area (Å²) >= 11 is 0. The maximum Gasteiger partial charge on any atom is 0.348 e. The molecule has 20 heavy (non-hydrogen) atoms. The van der Waals surface area contributed by atoms with Crippen molar-refractivity contribution in [2.24, 2.45) is 5.92 Å². The van der Waals surface area contributed by atoms with Crippen LogP contribution in [0.3, 0.4) is 0 Å². The summed E-state index contributed by atoms with van der Waals surface area (Å²) in [6.07, 6.45) is 1.31. The molecule has 1 N–H and O–H groups in total. The van der Waals surface area contributed by atoms with Crippen molar-refractivity contribution >= 4 is 18.0 Å². The Morgan fingerprint density at radius 1 is 1.45 bits per heavy atom. The normalized spacial score (nSPS) is 11.0. The minimum Gasteiger partial charge on any atom is -0.478 e. The molecular formula is C15H15NO4. The van der Waals surface area contributed by atoms with Crippen molar-refractivity contribution in [1.29, 1.82) is 5.26 Å². The third-order valence-corrected chi connectivity index (χ3v) is 2.33. The molecule has 0 aliphatic carbocycles. The average Bonchev–Trinajstić information content (AvgIpc) is 2.42. The number of nitrogens with zero attached hydrogens (tertiary/aromatic N) is 1. The smallest absolute Gasteiger partial charge is 0.348 e. The van der Waals surface area contributed by atoms with Gasteiger partial charge >= 0.3 is 11.9 Å². The van der Waals surface area contributed by atoms with Gasteiger partial charge in [-0.2, -0.15) is 5.26 Å². The lowest BCUT2D eigenvalue weighted by atomic mass is 10.1. The molecule has 0 fully saturated rings. The first-order valence-corrected chi connectivity index (χ1v) is 6.06. The highest BCUT2D eigenvalue weighted by molar-refractivity contribution is 5.98. The molecule has 0 heterocycles. The van der Waals surface area contributed by atoms with Gasteiger partial charge in [0, 0.05) is 0 Å². The van der Waals surface area contributed by atoms with Gasteiger partial charge in [-0.1, -0.05) is 26.0 Å². The molecule has 1 aromatic rings. The Kier molecular flexibility index (Phi) is 5.48. The number of carboxylic acids is 1. The third kappa shape index (κ3) is 4.58. The monoisotopic (exact) mass is 273 g/mol. The van der Waals surface area contributed by atoms with Gasteiger partial charge in [-0.3, -0.25) is 0 Å². The van der Waals surface area contributed by atoms with E-state index in [1.54, 1.807) is 18.2 Å². The van der Waals surface area contributed by atoms with Crippen molar-refractivity contribution in [1.82, 2.24) is 0 Å². The minimum absolute atomic E-state index is 0.0894. The third-order valence-electron chi connectivity index (χ3n) is 2.33. The second-order valence-corrected chi connectivity index (χ2v) is 4.59. The molecular weight excluding hydrogens is 258 g/mol. The molecule has 1 rings (SSSR count). The van der Waals surface area contributed by atoms with Gasteiger partial charge in [-0.25, -0.2) is 9.59 Å². The highest BCUT2D eigenvalue weighted by Gasteiger charge is 2.12. The zero-order chi connectivity index (χ0) is 15.1. The molecule has 0 aliphatic rings. The van der Waals surface area contributed by atoms with Crippen LogP contribution in [0.4, 0.5) is 0 Å². The number of benzene rings is 1. The van der Waals surface area contributed by atoms with E-state index in [0.29, 0.717) is 5.56 Å². The summed E-state index contributed by atoms with van der Waals surface area (Å²) in [6, 6.07) is 7.74. The van der Waals surface area contributed by atoms with Gasteiger partial charge in [0.05, 0.1) is 12.2 Å². The quantitative estimate of drug-likeness (QED) is 0.506. The maximum absolute atomic E-state index is 11.7. The van der Waals surface area contributed by atoms with Crippen LogP contribution in [0.5, 0.6) is 0 Å². The van der Waals surface area contributed by atoms with Crippen LogP contribution >= 0.6 is 0 Å². The summed E-state index contributed by atoms with van der Waals surface area (Å²) in [7, 11) is 0. The van der Waals surface area contributed by atoms with Crippen LogP contribution in [-0.4, -0.2) is 23.7 Å². The number of rotatable bonds is 5. The number of carbonyl (C=O) groups is 2. The van der Waals surface area contributed by atoms with Crippen LogP contribution < -0.4 is 0 Å². The molecule has 0 atom stereocenters. The van der Waals surface area contributed by atoms with E-state index >= 15 is 0 Å². The number of nitriles is 1. The Morgan fingerprint density at radius 2 is 2.15 bits per heavy atom. The lowest BCUT2D eigenvalue weighted by Gasteiger charge is -2.06. The highest BCUT2D eigenvalue weighted by Crippen LogP contribution is 2.11. The van der Waals surface area contributed by atoms with E-state index < -0.39 is 11.9 Å². The number of carboxylic acid groups (broad SMARTS) is 1. The maximum atomic E-state index is 11.7. The molecule has 1 aromatic carbocycles. The first-order valence-electron chi connectivity index (χ1n) is 6.06. The zero-order valence-electron chi connectivity index (χ0n) is 11.3. The van der Waals surface area contributed by atoms with Crippen LogP contribution in [0, 0.1) is 17.2 Å². The first-order chi connectivity index (χ1) is 9.43. The molecule has 0 bridgehead atoms. The van der Waals surface area contributed by atoms with Gasteiger partial charge in [0.15, 0.2) is 0 Å². The topological polar surface area (TPSA) is 87.4 Å². The average molecular weight is 273 g/mol. The fourth-order valence-electron chi connectivity index (χ4n) is 1.39. The van der Waals surface area contributed by atoms with Crippen molar-refractivity contribution in [3.63, 3.8) is 0 Å². The molecule has 104 valence electrons. The molecule has 5 heteroatoms. The first kappa shape index (κ1) is 15.4. The zero-order valence-corrected chi connectivity index (χ0v) is 11.3. The summed E-state index contributed by atoms with van der Waals surface area (Å²) in [5, 5.41) is 17.8. The highest BCUT2D eigenvalue weighted by atomic mass is 16.5. The Hall–Kier alpha value is -2.61. The number of esters is 1. The van der Waals surface area contributed by atoms with Gasteiger partial charge in [-0.15, -0.1) is 0 Å². The minimum atomic E-state index is -1.07. The Labute approximate surface area is 117 Å². The predicted molar refractivity (Wildman–Crippen MR) is 72.8 cm³/mol. The van der Waals surface area contributed by atoms with Crippen LogP contribution in [0.1, 0.15) is 29.8 Å². The molecule has 0 unspecified atom stereocenters. The van der Waals surface area contributed by atoms with Crippen LogP contribution in [0.25, 0.3) is 6.08 Å². The van der Waals surface area contributed by atoms with E-state index in [0.717, 1.165) is 0 Å². The second-order valence-electron chi connectivity index (χ2n) is 4.59. The number of hydrogen-bond acceptors (Lipinski definition) is 4. The van der Waals surface area contributed by atoms with Crippen molar-refractivity contribution in [2.45, 2.75) is 13.8 Å². The van der Waals surface area contributed by atoms with E-state index in [2.05, 4.69) is 0 Å². The summed E-state index contributed by atoms with van der Waals surface area (Å²) in [5.74, 6) is -1.60. The van der Waals surface area contributed by atoms with E-state index in [9.17, 15) is 9.59 Å². The fourth-order valence-corrected chi connectivity index (χ4v) is 1.39. The summed E-state index contributed by atoms with van der Waals surface area (Å²) in [4.78, 5) is 22.5. The van der Waals surface area contributed by atoms with Gasteiger partial charge in [0.1, 0.15) is 11.6 Å². The van der Waals surface area contributed by atoms with Crippen LogP contribution in [0.15, 0.2) is 29.8 Å². The molecule has 0 amide bonds. The second kappa shape index (κ2) is 7.10. The molecule has 0 aliphatic heterocycles. The largest absolute Gasteiger partial charge is 0.478 e. The van der Waals surface area contributed by atoms with Crippen molar-refractivity contribution < 1.29 is 19.4 Å². The van der Waals surface area contributed by atoms with Crippen molar-refractivity contribution in [3.05, 3.63) is 41.0 Å². The summed E-state index contributed by atoms with van der Waals surface area (Å²) < 4.78 is 4.96. The Morgan fingerprint density at radius 3 is 2.70 bits per heavy atom. The number of hydrogen-bond donors (Lipinski definition) is 1. The molecule has 0 saturated heterocycles. The van der Waals surface area contributed by atoms with E-state index in [4.69, 9.17) is 15.1 Å². The predicted octanol–water partition coefficient (Wildman–Crippen LogP) is 2.49. The summed E-state index contributed by atoms with van der Waals surface area (Å²) in [5.41, 5.74) is 0.391. The molecule has 0 spiro atoms. The van der Waals surface area contributed by atoms with Gasteiger partial charge in [-0.05, 0) is 29.7 Å². The van der Waals surface area contributed by atoms with Crippen LogP contribution in [0.2, 0.25) is 0 Å². The number of aromatic carboxylic acids is 1. The van der Waals surface area contributed by atoms with E-state index in [1.807, 2.05) is 13.8 Å². The lowest BCUT2D eigenvalue weighted by Crippen LogP contribution is -2.11. The van der Waals surface area contributed by atoms with Gasteiger partial charge < -0.3 is 9.84 Å². The molecule has 0 radical (unpaired) electrons. The Bertz CT molecular complexity index is 582. The van der Waals surface area contributed by atoms with Gasteiger partial charge in [0.2, 0.25) is 0 Å². The van der Waals surface area contributed by atoms with Crippen molar-refractivity contribution in [2.75, 3.05) is 6.61 Å². The lowest BCUT2D eigenvalue weighted by molar-refractivity contribution is -0.139. The number of ether oxygens (including phenoxy) is 1. The molecule has 0 saturated carbocycles. The van der Waals surface area contributed by atoms with E-state index in [-0.39, 0.29) is 23.7 Å². The molecule has 5 nitrogen and oxygen atoms in total. The Balaban J connectivity index is 2.94. The van der Waals surface area contributed by atoms with E-state index in [1.165, 1.54) is 18.2 Å². The van der Waals surface area contributed by atoms with Gasteiger partial charge in [0.25, 0.3) is 0 Å². The molecule has 0 aromatic heterocycles. The number of carbonyl (C=O) groups excluding carboxylic acids is 1. The summed E-state index contributed by atoms with van der Waals surface area (Å²) in [6.45, 7) is 4.01. The van der Waals surface area contributed by atoms with Crippen LogP contribution in [-0.2, 0) is 9.53 Å². The standard InChI is InChI=1S/C15H15NO4/c1-10(2)9-20-15(19)13(8-16)7-11-4-3-5-12(6-11)14(17)18/h3-7,10H,9H2,1-2H3,(H,17,18). The fraction of sp³-hybridized carbons (Fsp3) is 0.267.